The van der Waals surface area contributed by atoms with Crippen LogP contribution >= 0.6 is 0 Å². The Morgan fingerprint density at radius 1 is 1.58 bits per heavy atom. The number of nitrogens with one attached hydrogen (secondary N) is 1. The minimum Gasteiger partial charge on any atom is -0.399 e. The quantitative estimate of drug-likeness (QED) is 0.814. The van der Waals surface area contributed by atoms with Crippen LogP contribution in [0.25, 0.3) is 0 Å². The number of anilines is 1. The van der Waals surface area contributed by atoms with Gasteiger partial charge in [-0.1, -0.05) is 0 Å². The summed E-state index contributed by atoms with van der Waals surface area (Å²) in [4.78, 5) is 14.1. The van der Waals surface area contributed by atoms with E-state index < -0.39 is 5.82 Å². The van der Waals surface area contributed by atoms with Gasteiger partial charge >= 0.3 is 0 Å². The van der Waals surface area contributed by atoms with Gasteiger partial charge < -0.3 is 16.0 Å². The molecule has 1 saturated heterocycles. The summed E-state index contributed by atoms with van der Waals surface area (Å²) in [5, 5.41) is 2.80. The standard InChI is InChI=1S/C14H20FN3O/c1-18-6-2-3-10(9-18)8-17-14(19)12-5-4-11(16)7-13(12)15/h4-5,7,10H,2-3,6,8-9,16H2,1H3,(H,17,19). The molecule has 3 N–H and O–H groups in total. The van der Waals surface area contributed by atoms with Crippen LogP contribution in [-0.4, -0.2) is 37.5 Å². The molecule has 1 unspecified atom stereocenters. The van der Waals surface area contributed by atoms with E-state index in [4.69, 9.17) is 5.73 Å². The van der Waals surface area contributed by atoms with Crippen LogP contribution in [0.2, 0.25) is 0 Å². The molecule has 1 heterocycles. The number of likely N-dealkylation sites (tertiary alicyclic amines) is 1. The van der Waals surface area contributed by atoms with Gasteiger partial charge in [-0.2, -0.15) is 0 Å². The number of halogens is 1. The van der Waals surface area contributed by atoms with Crippen molar-refractivity contribution in [1.82, 2.24) is 10.2 Å². The number of nitrogens with two attached hydrogens (primary N) is 1. The maximum atomic E-state index is 13.6. The number of nitrogens with zero attached hydrogens (tertiary/aromatic N) is 1. The van der Waals surface area contributed by atoms with Gasteiger partial charge in [0.2, 0.25) is 0 Å². The van der Waals surface area contributed by atoms with E-state index in [9.17, 15) is 9.18 Å². The van der Waals surface area contributed by atoms with Crippen LogP contribution < -0.4 is 11.1 Å². The zero-order valence-electron chi connectivity index (χ0n) is 11.2. The van der Waals surface area contributed by atoms with Crippen molar-refractivity contribution in [2.75, 3.05) is 32.4 Å². The largest absolute Gasteiger partial charge is 0.399 e. The van der Waals surface area contributed by atoms with Crippen molar-refractivity contribution in [3.05, 3.63) is 29.6 Å². The molecule has 0 aromatic heterocycles. The summed E-state index contributed by atoms with van der Waals surface area (Å²) in [6.45, 7) is 2.68. The van der Waals surface area contributed by atoms with Gasteiger partial charge in [0.25, 0.3) is 5.91 Å². The van der Waals surface area contributed by atoms with Gasteiger partial charge in [0.05, 0.1) is 5.56 Å². The highest BCUT2D eigenvalue weighted by Crippen LogP contribution is 2.15. The number of nitrogen functional groups attached to an aromatic ring is 1. The van der Waals surface area contributed by atoms with Gasteiger partial charge in [0.1, 0.15) is 5.82 Å². The maximum Gasteiger partial charge on any atom is 0.254 e. The van der Waals surface area contributed by atoms with Gasteiger partial charge in [-0.05, 0) is 50.6 Å². The number of hydrogen-bond donors (Lipinski definition) is 2. The highest BCUT2D eigenvalue weighted by molar-refractivity contribution is 5.94. The van der Waals surface area contributed by atoms with Gasteiger partial charge in [0.15, 0.2) is 0 Å². The summed E-state index contributed by atoms with van der Waals surface area (Å²) in [5.41, 5.74) is 5.83. The number of piperidine rings is 1. The Hall–Kier alpha value is -1.62. The van der Waals surface area contributed by atoms with Crippen LogP contribution in [0.3, 0.4) is 0 Å². The number of amides is 1. The minimum absolute atomic E-state index is 0.0540. The Balaban J connectivity index is 1.90. The predicted molar refractivity (Wildman–Crippen MR) is 73.4 cm³/mol. The van der Waals surface area contributed by atoms with E-state index in [0.29, 0.717) is 18.2 Å². The summed E-state index contributed by atoms with van der Waals surface area (Å²) in [6, 6.07) is 4.13. The molecule has 0 spiro atoms. The molecule has 0 radical (unpaired) electrons. The van der Waals surface area contributed by atoms with Crippen LogP contribution in [-0.2, 0) is 0 Å². The lowest BCUT2D eigenvalue weighted by Crippen LogP contribution is -2.39. The van der Waals surface area contributed by atoms with Crippen LogP contribution in [0.5, 0.6) is 0 Å². The maximum absolute atomic E-state index is 13.6. The van der Waals surface area contributed by atoms with Gasteiger partial charge in [-0.15, -0.1) is 0 Å². The lowest BCUT2D eigenvalue weighted by molar-refractivity contribution is 0.0933. The number of hydrogen-bond acceptors (Lipinski definition) is 3. The fourth-order valence-corrected chi connectivity index (χ4v) is 2.49. The Bertz CT molecular complexity index is 464. The van der Waals surface area contributed by atoms with Crippen molar-refractivity contribution >= 4 is 11.6 Å². The van der Waals surface area contributed by atoms with Gasteiger partial charge in [-0.3, -0.25) is 4.79 Å². The SMILES string of the molecule is CN1CCCC(CNC(=O)c2ccc(N)cc2F)C1. The molecule has 2 rings (SSSR count). The molecule has 4 nitrogen and oxygen atoms in total. The molecule has 104 valence electrons. The molecule has 0 bridgehead atoms. The number of benzene rings is 1. The second kappa shape index (κ2) is 6.02. The van der Waals surface area contributed by atoms with Crippen LogP contribution in [0, 0.1) is 11.7 Å². The fourth-order valence-electron chi connectivity index (χ4n) is 2.49. The monoisotopic (exact) mass is 265 g/mol. The molecule has 1 aliphatic rings. The molecule has 5 heteroatoms. The molecule has 1 fully saturated rings. The molecule has 1 amide bonds. The molecule has 19 heavy (non-hydrogen) atoms. The lowest BCUT2D eigenvalue weighted by Gasteiger charge is -2.29. The number of carbonyl (C=O) groups is 1. The van der Waals surface area contributed by atoms with Crippen LogP contribution in [0.4, 0.5) is 10.1 Å². The van der Waals surface area contributed by atoms with E-state index in [1.165, 1.54) is 18.2 Å². The molecular weight excluding hydrogens is 245 g/mol. The van der Waals surface area contributed by atoms with E-state index >= 15 is 0 Å². The molecule has 0 aliphatic carbocycles. The number of carbonyl (C=O) groups excluding carboxylic acids is 1. The predicted octanol–water partition coefficient (Wildman–Crippen LogP) is 1.48. The first-order valence-electron chi connectivity index (χ1n) is 6.58. The van der Waals surface area contributed by atoms with E-state index in [1.807, 2.05) is 0 Å². The first kappa shape index (κ1) is 13.8. The van der Waals surface area contributed by atoms with E-state index in [1.54, 1.807) is 0 Å². The molecule has 1 aliphatic heterocycles. The zero-order chi connectivity index (χ0) is 13.8. The smallest absolute Gasteiger partial charge is 0.254 e. The third kappa shape index (κ3) is 3.67. The summed E-state index contributed by atoms with van der Waals surface area (Å²) in [7, 11) is 2.08. The first-order chi connectivity index (χ1) is 9.06. The Kier molecular flexibility index (Phi) is 4.37. The van der Waals surface area contributed by atoms with Crippen LogP contribution in [0.15, 0.2) is 18.2 Å². The average molecular weight is 265 g/mol. The van der Waals surface area contributed by atoms with Crippen molar-refractivity contribution in [2.24, 2.45) is 5.92 Å². The molecule has 1 aromatic carbocycles. The van der Waals surface area contributed by atoms with Crippen LogP contribution in [0.1, 0.15) is 23.2 Å². The van der Waals surface area contributed by atoms with E-state index in [0.717, 1.165) is 25.9 Å². The lowest BCUT2D eigenvalue weighted by atomic mass is 9.98. The highest BCUT2D eigenvalue weighted by atomic mass is 19.1. The van der Waals surface area contributed by atoms with Crippen molar-refractivity contribution in [3.8, 4) is 0 Å². The Morgan fingerprint density at radius 3 is 3.05 bits per heavy atom. The molecular formula is C14H20FN3O. The third-order valence-electron chi connectivity index (χ3n) is 3.51. The Labute approximate surface area is 112 Å². The molecule has 1 aromatic rings. The van der Waals surface area contributed by atoms with Crippen molar-refractivity contribution in [2.45, 2.75) is 12.8 Å². The summed E-state index contributed by atoms with van der Waals surface area (Å²) in [5.74, 6) is -0.497. The zero-order valence-corrected chi connectivity index (χ0v) is 11.2. The normalized spacial score (nSPS) is 20.2. The van der Waals surface area contributed by atoms with Gasteiger partial charge in [0, 0.05) is 18.8 Å². The van der Waals surface area contributed by atoms with E-state index in [2.05, 4.69) is 17.3 Å². The topological polar surface area (TPSA) is 58.4 Å². The molecule has 1 atom stereocenters. The van der Waals surface area contributed by atoms with Crippen molar-refractivity contribution < 1.29 is 9.18 Å². The Morgan fingerprint density at radius 2 is 2.37 bits per heavy atom. The summed E-state index contributed by atoms with van der Waals surface area (Å²) in [6.07, 6.45) is 2.25. The van der Waals surface area contributed by atoms with Crippen molar-refractivity contribution in [3.63, 3.8) is 0 Å². The minimum atomic E-state index is -0.571. The second-order valence-corrected chi connectivity index (χ2v) is 5.22. The third-order valence-corrected chi connectivity index (χ3v) is 3.51. The molecule has 0 saturated carbocycles. The van der Waals surface area contributed by atoms with Gasteiger partial charge in [-0.25, -0.2) is 4.39 Å². The summed E-state index contributed by atoms with van der Waals surface area (Å²) < 4.78 is 13.6. The average Bonchev–Trinajstić information content (AvgIpc) is 2.36. The first-order valence-corrected chi connectivity index (χ1v) is 6.58. The van der Waals surface area contributed by atoms with E-state index in [-0.39, 0.29) is 11.5 Å². The second-order valence-electron chi connectivity index (χ2n) is 5.22. The summed E-state index contributed by atoms with van der Waals surface area (Å²) >= 11 is 0. The fraction of sp³-hybridized carbons (Fsp3) is 0.500. The van der Waals surface area contributed by atoms with Crippen molar-refractivity contribution in [1.29, 1.82) is 0 Å². The highest BCUT2D eigenvalue weighted by Gasteiger charge is 2.19. The number of rotatable bonds is 3.